The van der Waals surface area contributed by atoms with Crippen molar-refractivity contribution in [1.29, 1.82) is 0 Å². The molecule has 0 radical (unpaired) electrons. The molecule has 0 bridgehead atoms. The third-order valence-electron chi connectivity index (χ3n) is 2.45. The molecular weight excluding hydrogens is 210 g/mol. The second-order valence-electron chi connectivity index (χ2n) is 3.99. The first-order valence-corrected chi connectivity index (χ1v) is 5.00. The van der Waals surface area contributed by atoms with Crippen molar-refractivity contribution in [3.8, 4) is 0 Å². The first kappa shape index (κ1) is 12.4. The molecule has 1 rings (SSSR count). The van der Waals surface area contributed by atoms with Crippen molar-refractivity contribution in [2.24, 2.45) is 7.05 Å². The van der Waals surface area contributed by atoms with E-state index < -0.39 is 4.92 Å². The summed E-state index contributed by atoms with van der Waals surface area (Å²) in [5.41, 5.74) is 0.00783. The monoisotopic (exact) mass is 227 g/mol. The lowest BCUT2D eigenvalue weighted by molar-refractivity contribution is -0.384. The molecule has 0 fully saturated rings. The predicted molar refractivity (Wildman–Crippen MR) is 61.5 cm³/mol. The maximum absolute atomic E-state index is 10.7. The van der Waals surface area contributed by atoms with Gasteiger partial charge in [0.15, 0.2) is 0 Å². The van der Waals surface area contributed by atoms with E-state index in [1.165, 1.54) is 10.9 Å². The van der Waals surface area contributed by atoms with Crippen molar-refractivity contribution < 1.29 is 4.92 Å². The fourth-order valence-corrected chi connectivity index (χ4v) is 1.16. The van der Waals surface area contributed by atoms with Gasteiger partial charge in [-0.25, -0.2) is 0 Å². The highest BCUT2D eigenvalue weighted by Gasteiger charge is 2.18. The van der Waals surface area contributed by atoms with E-state index >= 15 is 0 Å². The minimum Gasteiger partial charge on any atom is -0.361 e. The second-order valence-corrected chi connectivity index (χ2v) is 3.99. The zero-order valence-corrected chi connectivity index (χ0v) is 9.97. The Morgan fingerprint density at radius 1 is 1.69 bits per heavy atom. The molecule has 1 heterocycles. The number of aromatic nitrogens is 2. The van der Waals surface area contributed by atoms with E-state index in [0.29, 0.717) is 12.4 Å². The van der Waals surface area contributed by atoms with E-state index in [-0.39, 0.29) is 11.7 Å². The second kappa shape index (κ2) is 4.93. The minimum atomic E-state index is -0.435. The summed E-state index contributed by atoms with van der Waals surface area (Å²) in [6.45, 7) is 2.65. The van der Waals surface area contributed by atoms with Gasteiger partial charge in [0, 0.05) is 19.6 Å². The van der Waals surface area contributed by atoms with Crippen LogP contribution in [-0.2, 0) is 7.05 Å². The van der Waals surface area contributed by atoms with E-state index in [1.54, 1.807) is 7.05 Å². The van der Waals surface area contributed by atoms with Crippen LogP contribution in [0.1, 0.15) is 6.92 Å². The van der Waals surface area contributed by atoms with Crippen LogP contribution in [0.4, 0.5) is 11.5 Å². The quantitative estimate of drug-likeness (QED) is 0.591. The van der Waals surface area contributed by atoms with Crippen LogP contribution in [0.25, 0.3) is 0 Å². The molecule has 7 heteroatoms. The van der Waals surface area contributed by atoms with Crippen LogP contribution in [0.3, 0.4) is 0 Å². The summed E-state index contributed by atoms with van der Waals surface area (Å²) in [6, 6.07) is 0.279. The average molecular weight is 227 g/mol. The Hall–Kier alpha value is -1.63. The average Bonchev–Trinajstić information content (AvgIpc) is 2.56. The van der Waals surface area contributed by atoms with Crippen molar-refractivity contribution in [1.82, 2.24) is 14.7 Å². The summed E-state index contributed by atoms with van der Waals surface area (Å²) in [7, 11) is 5.58. The summed E-state index contributed by atoms with van der Waals surface area (Å²) in [5.74, 6) is 0.321. The molecule has 0 saturated heterocycles. The fraction of sp³-hybridized carbons (Fsp3) is 0.667. The summed E-state index contributed by atoms with van der Waals surface area (Å²) in [4.78, 5) is 12.3. The minimum absolute atomic E-state index is 0.00783. The molecule has 0 aliphatic rings. The molecule has 0 spiro atoms. The van der Waals surface area contributed by atoms with Gasteiger partial charge in [-0.1, -0.05) is 0 Å². The highest BCUT2D eigenvalue weighted by Crippen LogP contribution is 2.21. The smallest absolute Gasteiger partial charge is 0.330 e. The topological polar surface area (TPSA) is 76.2 Å². The van der Waals surface area contributed by atoms with Gasteiger partial charge in [0.2, 0.25) is 5.82 Å². The Morgan fingerprint density at radius 2 is 2.31 bits per heavy atom. The number of likely N-dealkylation sites (N-methyl/N-ethyl adjacent to an activating group) is 1. The summed E-state index contributed by atoms with van der Waals surface area (Å²) >= 11 is 0. The molecule has 1 unspecified atom stereocenters. The molecule has 0 aliphatic carbocycles. The Kier molecular flexibility index (Phi) is 3.83. The number of nitrogens with one attached hydrogen (secondary N) is 1. The zero-order chi connectivity index (χ0) is 12.3. The molecule has 1 atom stereocenters. The van der Waals surface area contributed by atoms with E-state index in [1.807, 2.05) is 25.9 Å². The lowest BCUT2D eigenvalue weighted by atomic mass is 10.3. The van der Waals surface area contributed by atoms with Gasteiger partial charge in [-0.3, -0.25) is 14.8 Å². The molecular formula is C9H17N5O2. The van der Waals surface area contributed by atoms with Gasteiger partial charge >= 0.3 is 5.69 Å². The Morgan fingerprint density at radius 3 is 2.81 bits per heavy atom. The molecule has 1 aromatic heterocycles. The van der Waals surface area contributed by atoms with Gasteiger partial charge in [0.25, 0.3) is 0 Å². The number of rotatable bonds is 5. The van der Waals surface area contributed by atoms with Crippen molar-refractivity contribution in [3.63, 3.8) is 0 Å². The molecule has 16 heavy (non-hydrogen) atoms. The van der Waals surface area contributed by atoms with Crippen LogP contribution in [0.2, 0.25) is 0 Å². The van der Waals surface area contributed by atoms with Crippen molar-refractivity contribution in [2.75, 3.05) is 26.0 Å². The number of nitro groups is 1. The SMILES string of the molecule is CC(CNc1nn(C)cc1[N+](=O)[O-])N(C)C. The lowest BCUT2D eigenvalue weighted by Gasteiger charge is -2.19. The standard InChI is InChI=1S/C9H17N5O2/c1-7(12(2)3)5-10-9-8(14(15)16)6-13(4)11-9/h6-7H,5H2,1-4H3,(H,10,11). The van der Waals surface area contributed by atoms with Gasteiger partial charge in [0.1, 0.15) is 6.20 Å². The van der Waals surface area contributed by atoms with Gasteiger partial charge in [-0.05, 0) is 21.0 Å². The number of nitrogens with zero attached hydrogens (tertiary/aromatic N) is 4. The van der Waals surface area contributed by atoms with E-state index in [0.717, 1.165) is 0 Å². The van der Waals surface area contributed by atoms with Crippen LogP contribution in [0.15, 0.2) is 6.20 Å². The normalized spacial score (nSPS) is 12.8. The highest BCUT2D eigenvalue weighted by atomic mass is 16.6. The van der Waals surface area contributed by atoms with Gasteiger partial charge in [-0.15, -0.1) is 5.10 Å². The maximum atomic E-state index is 10.7. The van der Waals surface area contributed by atoms with Gasteiger partial charge in [-0.2, -0.15) is 0 Å². The van der Waals surface area contributed by atoms with Gasteiger partial charge < -0.3 is 10.2 Å². The summed E-state index contributed by atoms with van der Waals surface area (Å²) < 4.78 is 1.43. The molecule has 0 amide bonds. The molecule has 1 aromatic rings. The third-order valence-corrected chi connectivity index (χ3v) is 2.45. The third kappa shape index (κ3) is 2.93. The van der Waals surface area contributed by atoms with Crippen LogP contribution in [0.5, 0.6) is 0 Å². The number of anilines is 1. The maximum Gasteiger partial charge on any atom is 0.330 e. The lowest BCUT2D eigenvalue weighted by Crippen LogP contribution is -2.31. The zero-order valence-electron chi connectivity index (χ0n) is 9.97. The molecule has 0 saturated carbocycles. The van der Waals surface area contributed by atoms with Crippen LogP contribution >= 0.6 is 0 Å². The first-order chi connectivity index (χ1) is 7.41. The van der Waals surface area contributed by atoms with E-state index in [4.69, 9.17) is 0 Å². The Balaban J connectivity index is 2.70. The van der Waals surface area contributed by atoms with Crippen LogP contribution in [0, 0.1) is 10.1 Å². The Bertz CT molecular complexity index is 374. The van der Waals surface area contributed by atoms with Crippen LogP contribution in [-0.4, -0.2) is 46.3 Å². The van der Waals surface area contributed by atoms with Gasteiger partial charge in [0.05, 0.1) is 4.92 Å². The van der Waals surface area contributed by atoms with Crippen molar-refractivity contribution in [3.05, 3.63) is 16.3 Å². The first-order valence-electron chi connectivity index (χ1n) is 5.00. The fourth-order valence-electron chi connectivity index (χ4n) is 1.16. The molecule has 1 N–H and O–H groups in total. The number of hydrogen-bond donors (Lipinski definition) is 1. The van der Waals surface area contributed by atoms with Crippen LogP contribution < -0.4 is 5.32 Å². The largest absolute Gasteiger partial charge is 0.361 e. The number of hydrogen-bond acceptors (Lipinski definition) is 5. The number of aryl methyl sites for hydroxylation is 1. The molecule has 7 nitrogen and oxygen atoms in total. The molecule has 0 aromatic carbocycles. The van der Waals surface area contributed by atoms with Crippen molar-refractivity contribution in [2.45, 2.75) is 13.0 Å². The summed E-state index contributed by atoms with van der Waals surface area (Å²) in [6.07, 6.45) is 1.39. The Labute approximate surface area is 94.2 Å². The molecule has 0 aliphatic heterocycles. The van der Waals surface area contributed by atoms with Crippen molar-refractivity contribution >= 4 is 11.5 Å². The predicted octanol–water partition coefficient (Wildman–Crippen LogP) is 0.690. The molecule has 90 valence electrons. The summed E-state index contributed by atoms with van der Waals surface area (Å²) in [5, 5.41) is 17.7. The van der Waals surface area contributed by atoms with E-state index in [9.17, 15) is 10.1 Å². The van der Waals surface area contributed by atoms with E-state index in [2.05, 4.69) is 10.4 Å². The highest BCUT2D eigenvalue weighted by molar-refractivity contribution is 5.54.